The van der Waals surface area contributed by atoms with Crippen LogP contribution in [-0.4, -0.2) is 16.4 Å². The molecule has 4 heteroatoms. The molecule has 1 aromatic carbocycles. The van der Waals surface area contributed by atoms with E-state index in [0.29, 0.717) is 17.3 Å². The van der Waals surface area contributed by atoms with Gasteiger partial charge in [-0.3, -0.25) is 4.79 Å². The number of nitrogens with one attached hydrogen (secondary N) is 1. The molecular formula is C19H24N2O2. The molecule has 0 radical (unpaired) electrons. The highest BCUT2D eigenvalue weighted by Crippen LogP contribution is 2.32. The topological polar surface area (TPSA) is 55.1 Å². The summed E-state index contributed by atoms with van der Waals surface area (Å²) in [6.45, 7) is 6.19. The van der Waals surface area contributed by atoms with Crippen molar-refractivity contribution in [3.05, 3.63) is 41.8 Å². The molecule has 1 N–H and O–H groups in total. The van der Waals surface area contributed by atoms with Crippen LogP contribution in [0.5, 0.6) is 0 Å². The summed E-state index contributed by atoms with van der Waals surface area (Å²) in [6.07, 6.45) is 4.35. The number of aryl methyl sites for hydroxylation is 1. The Kier molecular flexibility index (Phi) is 4.24. The van der Waals surface area contributed by atoms with Crippen LogP contribution in [-0.2, 0) is 0 Å². The summed E-state index contributed by atoms with van der Waals surface area (Å²) in [5.74, 6) is 1.67. The molecule has 0 saturated heterocycles. The molecule has 4 nitrogen and oxygen atoms in total. The van der Waals surface area contributed by atoms with Gasteiger partial charge in [0, 0.05) is 11.1 Å². The molecule has 0 atom stereocenters. The van der Waals surface area contributed by atoms with Crippen molar-refractivity contribution in [3.8, 4) is 11.5 Å². The van der Waals surface area contributed by atoms with Crippen molar-refractivity contribution in [1.82, 2.24) is 10.3 Å². The molecule has 1 aliphatic rings. The van der Waals surface area contributed by atoms with E-state index in [2.05, 4.69) is 24.1 Å². The number of carbonyl (C=O) groups excluding carboxylic acids is 1. The van der Waals surface area contributed by atoms with Crippen molar-refractivity contribution < 1.29 is 9.21 Å². The summed E-state index contributed by atoms with van der Waals surface area (Å²) in [4.78, 5) is 17.0. The van der Waals surface area contributed by atoms with Crippen LogP contribution in [0, 0.1) is 12.8 Å². The van der Waals surface area contributed by atoms with E-state index in [1.807, 2.05) is 30.3 Å². The van der Waals surface area contributed by atoms with Gasteiger partial charge < -0.3 is 9.73 Å². The number of oxazole rings is 1. The number of hydrogen-bond acceptors (Lipinski definition) is 3. The fourth-order valence-corrected chi connectivity index (χ4v) is 3.17. The third-order valence-corrected chi connectivity index (χ3v) is 4.83. The highest BCUT2D eigenvalue weighted by atomic mass is 16.4. The zero-order chi connectivity index (χ0) is 16.4. The summed E-state index contributed by atoms with van der Waals surface area (Å²) in [5, 5.41) is 3.18. The fourth-order valence-electron chi connectivity index (χ4n) is 3.17. The molecule has 1 aliphatic carbocycles. The van der Waals surface area contributed by atoms with Gasteiger partial charge in [-0.15, -0.1) is 0 Å². The maximum absolute atomic E-state index is 12.6. The molecule has 3 rings (SSSR count). The number of benzene rings is 1. The van der Waals surface area contributed by atoms with E-state index in [1.165, 1.54) is 0 Å². The first-order valence-electron chi connectivity index (χ1n) is 8.32. The van der Waals surface area contributed by atoms with Gasteiger partial charge in [-0.2, -0.15) is 0 Å². The number of carbonyl (C=O) groups is 1. The van der Waals surface area contributed by atoms with E-state index >= 15 is 0 Å². The summed E-state index contributed by atoms with van der Waals surface area (Å²) in [7, 11) is 0. The van der Waals surface area contributed by atoms with Crippen molar-refractivity contribution in [2.45, 2.75) is 52.0 Å². The van der Waals surface area contributed by atoms with Gasteiger partial charge in [0.25, 0.3) is 5.91 Å². The molecule has 1 aromatic heterocycles. The Hall–Kier alpha value is -2.10. The third kappa shape index (κ3) is 3.46. The molecule has 0 unspecified atom stereocenters. The predicted octanol–water partition coefficient (Wildman–Crippen LogP) is 4.35. The largest absolute Gasteiger partial charge is 0.441 e. The molecule has 1 saturated carbocycles. The molecule has 0 aliphatic heterocycles. The second-order valence-corrected chi connectivity index (χ2v) is 6.99. The Labute approximate surface area is 137 Å². The van der Waals surface area contributed by atoms with Crippen molar-refractivity contribution in [1.29, 1.82) is 0 Å². The maximum Gasteiger partial charge on any atom is 0.273 e. The van der Waals surface area contributed by atoms with Gasteiger partial charge in [0.15, 0.2) is 5.69 Å². The van der Waals surface area contributed by atoms with Gasteiger partial charge in [0.05, 0.1) is 0 Å². The SMILES string of the molecule is Cc1oc(-c2ccccc2)nc1C(=O)NC1(C)CCC(C)CC1. The van der Waals surface area contributed by atoms with Crippen LogP contribution in [0.15, 0.2) is 34.7 Å². The lowest BCUT2D eigenvalue weighted by Gasteiger charge is -2.36. The Morgan fingerprint density at radius 2 is 1.91 bits per heavy atom. The lowest BCUT2D eigenvalue weighted by atomic mass is 9.78. The highest BCUT2D eigenvalue weighted by Gasteiger charge is 2.32. The second-order valence-electron chi connectivity index (χ2n) is 6.99. The first-order valence-corrected chi connectivity index (χ1v) is 8.32. The summed E-state index contributed by atoms with van der Waals surface area (Å²) >= 11 is 0. The molecule has 2 aromatic rings. The lowest BCUT2D eigenvalue weighted by Crippen LogP contribution is -2.48. The minimum Gasteiger partial charge on any atom is -0.441 e. The highest BCUT2D eigenvalue weighted by molar-refractivity contribution is 5.94. The van der Waals surface area contributed by atoms with Gasteiger partial charge in [-0.25, -0.2) is 4.98 Å². The molecule has 0 bridgehead atoms. The Balaban J connectivity index is 1.77. The standard InChI is InChI=1S/C19H24N2O2/c1-13-9-11-19(3,12-10-13)21-17(22)16-14(2)23-18(20-16)15-7-5-4-6-8-15/h4-8,13H,9-12H2,1-3H3,(H,21,22). The average Bonchev–Trinajstić information content (AvgIpc) is 2.93. The van der Waals surface area contributed by atoms with Crippen molar-refractivity contribution in [2.75, 3.05) is 0 Å². The number of nitrogens with zero attached hydrogens (tertiary/aromatic N) is 1. The van der Waals surface area contributed by atoms with Gasteiger partial charge >= 0.3 is 0 Å². The number of aromatic nitrogens is 1. The van der Waals surface area contributed by atoms with E-state index in [0.717, 1.165) is 37.2 Å². The Morgan fingerprint density at radius 3 is 2.57 bits per heavy atom. The van der Waals surface area contributed by atoms with Crippen LogP contribution in [0.1, 0.15) is 55.8 Å². The molecule has 122 valence electrons. The van der Waals surface area contributed by atoms with Crippen LogP contribution in [0.3, 0.4) is 0 Å². The first kappa shape index (κ1) is 15.8. The van der Waals surface area contributed by atoms with Crippen LogP contribution >= 0.6 is 0 Å². The van der Waals surface area contributed by atoms with Crippen LogP contribution in [0.2, 0.25) is 0 Å². The van der Waals surface area contributed by atoms with Crippen LogP contribution in [0.4, 0.5) is 0 Å². The average molecular weight is 312 g/mol. The molecular weight excluding hydrogens is 288 g/mol. The number of hydrogen-bond donors (Lipinski definition) is 1. The fraction of sp³-hybridized carbons (Fsp3) is 0.474. The van der Waals surface area contributed by atoms with E-state index in [4.69, 9.17) is 4.42 Å². The molecule has 1 amide bonds. The molecule has 23 heavy (non-hydrogen) atoms. The monoisotopic (exact) mass is 312 g/mol. The Bertz CT molecular complexity index is 683. The molecule has 0 spiro atoms. The Morgan fingerprint density at radius 1 is 1.26 bits per heavy atom. The minimum absolute atomic E-state index is 0.134. The molecule has 1 fully saturated rings. The van der Waals surface area contributed by atoms with Gasteiger partial charge in [-0.05, 0) is 57.6 Å². The summed E-state index contributed by atoms with van der Waals surface area (Å²) in [6, 6.07) is 9.66. The van der Waals surface area contributed by atoms with E-state index in [-0.39, 0.29) is 11.4 Å². The quantitative estimate of drug-likeness (QED) is 0.916. The number of rotatable bonds is 3. The van der Waals surface area contributed by atoms with E-state index in [9.17, 15) is 4.79 Å². The van der Waals surface area contributed by atoms with Crippen LogP contribution < -0.4 is 5.32 Å². The first-order chi connectivity index (χ1) is 11.0. The van der Waals surface area contributed by atoms with Crippen molar-refractivity contribution in [2.24, 2.45) is 5.92 Å². The van der Waals surface area contributed by atoms with Crippen molar-refractivity contribution in [3.63, 3.8) is 0 Å². The van der Waals surface area contributed by atoms with Gasteiger partial charge in [-0.1, -0.05) is 25.1 Å². The van der Waals surface area contributed by atoms with Crippen LogP contribution in [0.25, 0.3) is 11.5 Å². The summed E-state index contributed by atoms with van der Waals surface area (Å²) in [5.41, 5.74) is 1.14. The minimum atomic E-state index is -0.137. The van der Waals surface area contributed by atoms with Gasteiger partial charge in [0.1, 0.15) is 5.76 Å². The number of amides is 1. The van der Waals surface area contributed by atoms with Gasteiger partial charge in [0.2, 0.25) is 5.89 Å². The molecule has 1 heterocycles. The maximum atomic E-state index is 12.6. The third-order valence-electron chi connectivity index (χ3n) is 4.83. The smallest absolute Gasteiger partial charge is 0.273 e. The zero-order valence-corrected chi connectivity index (χ0v) is 14.1. The summed E-state index contributed by atoms with van der Waals surface area (Å²) < 4.78 is 5.69. The predicted molar refractivity (Wildman–Crippen MR) is 90.2 cm³/mol. The lowest BCUT2D eigenvalue weighted by molar-refractivity contribution is 0.0863. The van der Waals surface area contributed by atoms with E-state index in [1.54, 1.807) is 6.92 Å². The normalized spacial score (nSPS) is 24.4. The van der Waals surface area contributed by atoms with Crippen molar-refractivity contribution >= 4 is 5.91 Å². The van der Waals surface area contributed by atoms with E-state index < -0.39 is 0 Å². The second kappa shape index (κ2) is 6.19. The zero-order valence-electron chi connectivity index (χ0n) is 14.1.